The van der Waals surface area contributed by atoms with E-state index in [-0.39, 0.29) is 5.82 Å². The number of halogens is 1. The maximum Gasteiger partial charge on any atom is 0.125 e. The molecule has 0 saturated heterocycles. The molecule has 2 aromatic heterocycles. The molecular weight excluding hydrogens is 269 g/mol. The molecular formula is C15H18FN5. The van der Waals surface area contributed by atoms with Gasteiger partial charge >= 0.3 is 0 Å². The predicted octanol–water partition coefficient (Wildman–Crippen LogP) is 2.49. The van der Waals surface area contributed by atoms with Crippen LogP contribution in [0.25, 0.3) is 11.0 Å². The summed E-state index contributed by atoms with van der Waals surface area (Å²) in [6, 6.07) is 4.61. The number of aromatic nitrogens is 4. The summed E-state index contributed by atoms with van der Waals surface area (Å²) in [6.45, 7) is 4.73. The molecule has 21 heavy (non-hydrogen) atoms. The Morgan fingerprint density at radius 2 is 2.19 bits per heavy atom. The molecule has 0 radical (unpaired) electrons. The molecule has 0 aliphatic heterocycles. The smallest absolute Gasteiger partial charge is 0.125 e. The third-order valence-electron chi connectivity index (χ3n) is 3.53. The van der Waals surface area contributed by atoms with Crippen LogP contribution in [0.4, 0.5) is 4.39 Å². The highest BCUT2D eigenvalue weighted by atomic mass is 19.1. The topological polar surface area (TPSA) is 60.6 Å². The number of hydrogen-bond donors (Lipinski definition) is 2. The molecule has 0 aliphatic carbocycles. The lowest BCUT2D eigenvalue weighted by Gasteiger charge is -2.18. The molecule has 0 saturated carbocycles. The van der Waals surface area contributed by atoms with Crippen molar-refractivity contribution < 1.29 is 4.39 Å². The first-order chi connectivity index (χ1) is 10.2. The summed E-state index contributed by atoms with van der Waals surface area (Å²) < 4.78 is 13.2. The van der Waals surface area contributed by atoms with E-state index in [9.17, 15) is 4.39 Å². The van der Waals surface area contributed by atoms with Crippen molar-refractivity contribution in [2.24, 2.45) is 0 Å². The van der Waals surface area contributed by atoms with Gasteiger partial charge in [0.25, 0.3) is 0 Å². The Labute approximate surface area is 122 Å². The number of likely N-dealkylation sites (N-methyl/N-ethyl adjacent to an activating group) is 1. The molecule has 2 N–H and O–H groups in total. The highest BCUT2D eigenvalue weighted by molar-refractivity contribution is 5.74. The molecule has 0 fully saturated rings. The van der Waals surface area contributed by atoms with E-state index in [4.69, 9.17) is 0 Å². The fourth-order valence-electron chi connectivity index (χ4n) is 2.36. The van der Waals surface area contributed by atoms with Crippen LogP contribution in [-0.4, -0.2) is 37.9 Å². The van der Waals surface area contributed by atoms with E-state index in [1.807, 2.05) is 6.20 Å². The van der Waals surface area contributed by atoms with Crippen molar-refractivity contribution in [3.63, 3.8) is 0 Å². The third-order valence-corrected chi connectivity index (χ3v) is 3.53. The number of rotatable bonds is 6. The van der Waals surface area contributed by atoms with E-state index in [2.05, 4.69) is 31.8 Å². The monoisotopic (exact) mass is 287 g/mol. The normalized spacial score (nSPS) is 11.6. The average molecular weight is 287 g/mol. The zero-order chi connectivity index (χ0) is 14.7. The zero-order valence-corrected chi connectivity index (χ0v) is 11.9. The number of nitrogens with zero attached hydrogens (tertiary/aromatic N) is 3. The lowest BCUT2D eigenvalue weighted by molar-refractivity contribution is 0.276. The Morgan fingerprint density at radius 3 is 2.95 bits per heavy atom. The van der Waals surface area contributed by atoms with E-state index < -0.39 is 0 Å². The first-order valence-electron chi connectivity index (χ1n) is 7.09. The minimum absolute atomic E-state index is 0.245. The summed E-state index contributed by atoms with van der Waals surface area (Å²) in [5, 5.41) is 0. The van der Waals surface area contributed by atoms with E-state index in [1.165, 1.54) is 12.1 Å². The Hall–Kier alpha value is -2.21. The van der Waals surface area contributed by atoms with E-state index in [0.29, 0.717) is 0 Å². The third kappa shape index (κ3) is 3.28. The van der Waals surface area contributed by atoms with Gasteiger partial charge in [0.2, 0.25) is 0 Å². The Balaban J connectivity index is 1.64. The van der Waals surface area contributed by atoms with Gasteiger partial charge in [0, 0.05) is 25.4 Å². The van der Waals surface area contributed by atoms with E-state index >= 15 is 0 Å². The second-order valence-electron chi connectivity index (χ2n) is 5.00. The SMILES string of the molecule is CCN(CCc1nc2ccc(F)cc2[nH]1)Cc1ncc[nH]1. The van der Waals surface area contributed by atoms with Crippen LogP contribution in [0.3, 0.4) is 0 Å². The second-order valence-corrected chi connectivity index (χ2v) is 5.00. The Morgan fingerprint density at radius 1 is 1.29 bits per heavy atom. The van der Waals surface area contributed by atoms with Gasteiger partial charge in [-0.05, 0) is 24.7 Å². The molecule has 0 bridgehead atoms. The number of aromatic amines is 2. The number of benzene rings is 1. The van der Waals surface area contributed by atoms with Gasteiger partial charge in [0.05, 0.1) is 17.6 Å². The molecule has 0 atom stereocenters. The van der Waals surface area contributed by atoms with Gasteiger partial charge in [-0.1, -0.05) is 6.92 Å². The van der Waals surface area contributed by atoms with Crippen molar-refractivity contribution in [3.8, 4) is 0 Å². The number of hydrogen-bond acceptors (Lipinski definition) is 3. The van der Waals surface area contributed by atoms with Gasteiger partial charge in [-0.3, -0.25) is 4.90 Å². The molecule has 6 heteroatoms. The van der Waals surface area contributed by atoms with Crippen LogP contribution in [0.1, 0.15) is 18.6 Å². The predicted molar refractivity (Wildman–Crippen MR) is 79.3 cm³/mol. The second kappa shape index (κ2) is 6.05. The molecule has 3 aromatic rings. The van der Waals surface area contributed by atoms with E-state index in [1.54, 1.807) is 12.3 Å². The van der Waals surface area contributed by atoms with Gasteiger partial charge in [-0.25, -0.2) is 14.4 Å². The molecule has 3 rings (SSSR count). The number of imidazole rings is 2. The summed E-state index contributed by atoms with van der Waals surface area (Å²) in [7, 11) is 0. The van der Waals surface area contributed by atoms with Crippen molar-refractivity contribution in [3.05, 3.63) is 48.1 Å². The average Bonchev–Trinajstić information content (AvgIpc) is 3.11. The van der Waals surface area contributed by atoms with Crippen LogP contribution in [0, 0.1) is 5.82 Å². The summed E-state index contributed by atoms with van der Waals surface area (Å²) in [4.78, 5) is 17.3. The minimum Gasteiger partial charge on any atom is -0.348 e. The number of H-pyrrole nitrogens is 2. The fraction of sp³-hybridized carbons (Fsp3) is 0.333. The molecule has 5 nitrogen and oxygen atoms in total. The minimum atomic E-state index is -0.245. The first-order valence-corrected chi connectivity index (χ1v) is 7.09. The van der Waals surface area contributed by atoms with Crippen molar-refractivity contribution in [1.82, 2.24) is 24.8 Å². The van der Waals surface area contributed by atoms with Crippen LogP contribution in [0.5, 0.6) is 0 Å². The van der Waals surface area contributed by atoms with Gasteiger partial charge in [-0.15, -0.1) is 0 Å². The van der Waals surface area contributed by atoms with Gasteiger partial charge in [0.15, 0.2) is 0 Å². The highest BCUT2D eigenvalue weighted by Crippen LogP contribution is 2.13. The standard InChI is InChI=1S/C15H18FN5/c1-2-21(10-15-17-6-7-18-15)8-5-14-19-12-4-3-11(16)9-13(12)20-14/h3-4,6-7,9H,2,5,8,10H2,1H3,(H,17,18)(H,19,20). The summed E-state index contributed by atoms with van der Waals surface area (Å²) in [5.41, 5.74) is 1.56. The van der Waals surface area contributed by atoms with E-state index in [0.717, 1.165) is 48.7 Å². The largest absolute Gasteiger partial charge is 0.348 e. The maximum atomic E-state index is 13.2. The van der Waals surface area contributed by atoms with Crippen LogP contribution in [-0.2, 0) is 13.0 Å². The molecule has 2 heterocycles. The van der Waals surface area contributed by atoms with Crippen molar-refractivity contribution >= 4 is 11.0 Å². The lowest BCUT2D eigenvalue weighted by Crippen LogP contribution is -2.26. The molecule has 1 aromatic carbocycles. The summed E-state index contributed by atoms with van der Waals surface area (Å²) in [6.07, 6.45) is 4.39. The first kappa shape index (κ1) is 13.8. The van der Waals surface area contributed by atoms with Crippen molar-refractivity contribution in [2.45, 2.75) is 19.9 Å². The Kier molecular flexibility index (Phi) is 3.96. The Bertz CT molecular complexity index is 704. The van der Waals surface area contributed by atoms with Gasteiger partial charge in [0.1, 0.15) is 17.5 Å². The summed E-state index contributed by atoms with van der Waals surface area (Å²) >= 11 is 0. The highest BCUT2D eigenvalue weighted by Gasteiger charge is 2.08. The molecule has 0 amide bonds. The van der Waals surface area contributed by atoms with Crippen molar-refractivity contribution in [2.75, 3.05) is 13.1 Å². The molecule has 110 valence electrons. The molecule has 0 aliphatic rings. The van der Waals surface area contributed by atoms with Gasteiger partial charge < -0.3 is 9.97 Å². The number of fused-ring (bicyclic) bond motifs is 1. The maximum absolute atomic E-state index is 13.2. The van der Waals surface area contributed by atoms with Crippen molar-refractivity contribution in [1.29, 1.82) is 0 Å². The fourth-order valence-corrected chi connectivity index (χ4v) is 2.36. The molecule has 0 spiro atoms. The summed E-state index contributed by atoms with van der Waals surface area (Å²) in [5.74, 6) is 1.60. The van der Waals surface area contributed by atoms with Crippen LogP contribution >= 0.6 is 0 Å². The molecule has 0 unspecified atom stereocenters. The number of nitrogens with one attached hydrogen (secondary N) is 2. The zero-order valence-electron chi connectivity index (χ0n) is 11.9. The van der Waals surface area contributed by atoms with Crippen LogP contribution in [0.2, 0.25) is 0 Å². The van der Waals surface area contributed by atoms with Gasteiger partial charge in [-0.2, -0.15) is 0 Å². The lowest BCUT2D eigenvalue weighted by atomic mass is 10.3. The van der Waals surface area contributed by atoms with Crippen LogP contribution in [0.15, 0.2) is 30.6 Å². The van der Waals surface area contributed by atoms with Crippen LogP contribution < -0.4 is 0 Å². The quantitative estimate of drug-likeness (QED) is 0.732.